The molecule has 0 spiro atoms. The molecule has 2 atom stereocenters. The number of amides is 1. The smallest absolute Gasteiger partial charge is 0.357 e. The average Bonchev–Trinajstić information content (AvgIpc) is 3.22. The van der Waals surface area contributed by atoms with Gasteiger partial charge >= 0.3 is 6.01 Å². The van der Waals surface area contributed by atoms with Crippen molar-refractivity contribution in [1.82, 2.24) is 25.1 Å². The minimum absolute atomic E-state index is 0.125. The van der Waals surface area contributed by atoms with Gasteiger partial charge in [0.15, 0.2) is 5.82 Å². The summed E-state index contributed by atoms with van der Waals surface area (Å²) in [5.74, 6) is -0.992. The predicted octanol–water partition coefficient (Wildman–Crippen LogP) is 2.97. The van der Waals surface area contributed by atoms with Crippen molar-refractivity contribution < 1.29 is 24.0 Å². The van der Waals surface area contributed by atoms with Crippen LogP contribution in [-0.4, -0.2) is 57.9 Å². The fourth-order valence-corrected chi connectivity index (χ4v) is 4.66. The van der Waals surface area contributed by atoms with Crippen LogP contribution < -0.4 is 20.4 Å². The van der Waals surface area contributed by atoms with E-state index in [1.165, 1.54) is 17.9 Å². The van der Waals surface area contributed by atoms with E-state index >= 15 is 0 Å². The van der Waals surface area contributed by atoms with Crippen LogP contribution in [0.4, 0.5) is 15.8 Å². The standard InChI is InChI=1S/C24H26FN7O4/c1-13-10-32(11-14(2)27-13)20-6-5-17(22-18(20)9-26-24(29-22)35-36-34-4)23(33)28-16-7-15-12-31(3)30-21(15)19(25)8-16/h5-9,12-14,27H,10-11H2,1-4H3,(H,28,33)/t13-,14+. The number of piperazine rings is 1. The molecule has 36 heavy (non-hydrogen) atoms. The molecule has 5 rings (SSSR count). The number of anilines is 2. The number of carbonyl (C=O) groups is 1. The predicted molar refractivity (Wildman–Crippen MR) is 131 cm³/mol. The van der Waals surface area contributed by atoms with E-state index < -0.39 is 11.7 Å². The number of rotatable bonds is 6. The Kier molecular flexibility index (Phi) is 6.39. The van der Waals surface area contributed by atoms with E-state index in [-0.39, 0.29) is 29.2 Å². The van der Waals surface area contributed by atoms with E-state index in [0.717, 1.165) is 18.8 Å². The highest BCUT2D eigenvalue weighted by molar-refractivity contribution is 6.14. The minimum Gasteiger partial charge on any atom is -0.368 e. The van der Waals surface area contributed by atoms with Gasteiger partial charge in [0.1, 0.15) is 5.52 Å². The van der Waals surface area contributed by atoms with Crippen LogP contribution in [0.25, 0.3) is 21.8 Å². The second kappa shape index (κ2) is 9.64. The summed E-state index contributed by atoms with van der Waals surface area (Å²) in [5, 5.41) is 16.1. The number of nitrogens with one attached hydrogen (secondary N) is 2. The summed E-state index contributed by atoms with van der Waals surface area (Å²) in [6.45, 7) is 5.80. The first kappa shape index (κ1) is 23.9. The van der Waals surface area contributed by atoms with Crippen LogP contribution in [0.3, 0.4) is 0 Å². The molecule has 3 heterocycles. The zero-order valence-electron chi connectivity index (χ0n) is 20.3. The van der Waals surface area contributed by atoms with Crippen LogP contribution in [0, 0.1) is 5.82 Å². The topological polar surface area (TPSA) is 116 Å². The van der Waals surface area contributed by atoms with Crippen molar-refractivity contribution in [1.29, 1.82) is 0 Å². The lowest BCUT2D eigenvalue weighted by molar-refractivity contribution is -0.456. The Bertz CT molecular complexity index is 1430. The lowest BCUT2D eigenvalue weighted by atomic mass is 10.0. The normalized spacial score (nSPS) is 18.1. The van der Waals surface area contributed by atoms with Crippen LogP contribution in [0.2, 0.25) is 0 Å². The average molecular weight is 496 g/mol. The van der Waals surface area contributed by atoms with Crippen molar-refractivity contribution in [3.05, 3.63) is 48.0 Å². The lowest BCUT2D eigenvalue weighted by Crippen LogP contribution is -2.54. The summed E-state index contributed by atoms with van der Waals surface area (Å²) in [5.41, 5.74) is 2.05. The molecule has 2 N–H and O–H groups in total. The fourth-order valence-electron chi connectivity index (χ4n) is 4.66. The molecule has 0 bridgehead atoms. The van der Waals surface area contributed by atoms with Gasteiger partial charge in [-0.05, 0) is 43.2 Å². The van der Waals surface area contributed by atoms with Gasteiger partial charge in [-0.15, -0.1) is 0 Å². The highest BCUT2D eigenvalue weighted by atomic mass is 19.1. The molecule has 0 unspecified atom stereocenters. The monoisotopic (exact) mass is 495 g/mol. The Balaban J connectivity index is 1.54. The van der Waals surface area contributed by atoms with Crippen LogP contribution >= 0.6 is 0 Å². The summed E-state index contributed by atoms with van der Waals surface area (Å²) in [6, 6.07) is 6.91. The number of aromatic nitrogens is 4. The summed E-state index contributed by atoms with van der Waals surface area (Å²) < 4.78 is 16.1. The summed E-state index contributed by atoms with van der Waals surface area (Å²) in [6.07, 6.45) is 3.27. The summed E-state index contributed by atoms with van der Waals surface area (Å²) in [4.78, 5) is 33.6. The van der Waals surface area contributed by atoms with Gasteiger partial charge in [0, 0.05) is 66.8 Å². The third kappa shape index (κ3) is 4.65. The van der Waals surface area contributed by atoms with Gasteiger partial charge in [0.05, 0.1) is 18.2 Å². The van der Waals surface area contributed by atoms with Gasteiger partial charge in [-0.2, -0.15) is 15.0 Å². The van der Waals surface area contributed by atoms with E-state index in [2.05, 4.69) is 54.4 Å². The van der Waals surface area contributed by atoms with Crippen molar-refractivity contribution in [2.24, 2.45) is 7.05 Å². The molecular weight excluding hydrogens is 469 g/mol. The van der Waals surface area contributed by atoms with E-state index in [1.54, 1.807) is 31.6 Å². The maximum absolute atomic E-state index is 14.6. The van der Waals surface area contributed by atoms with E-state index in [0.29, 0.717) is 22.0 Å². The van der Waals surface area contributed by atoms with Gasteiger partial charge in [-0.1, -0.05) is 0 Å². The Labute approximate surface area is 206 Å². The Morgan fingerprint density at radius 1 is 1.19 bits per heavy atom. The number of hydrogen-bond donors (Lipinski definition) is 2. The van der Waals surface area contributed by atoms with Crippen molar-refractivity contribution in [2.75, 3.05) is 30.4 Å². The third-order valence-electron chi connectivity index (χ3n) is 5.96. The number of aryl methyl sites for hydroxylation is 1. The summed E-state index contributed by atoms with van der Waals surface area (Å²) in [7, 11) is 2.99. The molecule has 0 saturated carbocycles. The highest BCUT2D eigenvalue weighted by Gasteiger charge is 2.25. The Morgan fingerprint density at radius 2 is 1.97 bits per heavy atom. The molecule has 0 aliphatic carbocycles. The molecule has 2 aromatic heterocycles. The molecule has 2 aromatic carbocycles. The van der Waals surface area contributed by atoms with E-state index in [4.69, 9.17) is 4.89 Å². The molecule has 1 aliphatic rings. The van der Waals surface area contributed by atoms with Crippen molar-refractivity contribution >= 4 is 39.1 Å². The molecule has 1 amide bonds. The second-order valence-corrected chi connectivity index (χ2v) is 8.89. The fraction of sp³-hybridized carbons (Fsp3) is 0.333. The molecule has 12 heteroatoms. The molecule has 1 fully saturated rings. The molecule has 11 nitrogen and oxygen atoms in total. The molecule has 4 aromatic rings. The zero-order chi connectivity index (χ0) is 25.4. The van der Waals surface area contributed by atoms with Crippen molar-refractivity contribution in [3.63, 3.8) is 0 Å². The van der Waals surface area contributed by atoms with Gasteiger partial charge in [-0.3, -0.25) is 14.4 Å². The number of benzene rings is 2. The molecule has 0 radical (unpaired) electrons. The van der Waals surface area contributed by atoms with Crippen LogP contribution in [-0.2, 0) is 17.0 Å². The Hall–Kier alpha value is -3.87. The number of halogens is 1. The lowest BCUT2D eigenvalue weighted by Gasteiger charge is -2.38. The second-order valence-electron chi connectivity index (χ2n) is 8.89. The van der Waals surface area contributed by atoms with Crippen LogP contribution in [0.1, 0.15) is 24.2 Å². The summed E-state index contributed by atoms with van der Waals surface area (Å²) >= 11 is 0. The highest BCUT2D eigenvalue weighted by Crippen LogP contribution is 2.31. The van der Waals surface area contributed by atoms with Gasteiger partial charge in [-0.25, -0.2) is 9.37 Å². The van der Waals surface area contributed by atoms with Crippen LogP contribution in [0.15, 0.2) is 36.7 Å². The van der Waals surface area contributed by atoms with Gasteiger partial charge in [0.25, 0.3) is 5.91 Å². The van der Waals surface area contributed by atoms with Crippen LogP contribution in [0.5, 0.6) is 6.01 Å². The SMILES string of the molecule is COOOc1ncc2c(N3C[C@@H](C)N[C@@H](C)C3)ccc(C(=O)Nc3cc(F)c4nn(C)cc4c3)c2n1. The van der Waals surface area contributed by atoms with Crippen molar-refractivity contribution in [2.45, 2.75) is 25.9 Å². The third-order valence-corrected chi connectivity index (χ3v) is 5.96. The number of nitrogens with zero attached hydrogens (tertiary/aromatic N) is 5. The van der Waals surface area contributed by atoms with Gasteiger partial charge < -0.3 is 15.5 Å². The first-order valence-corrected chi connectivity index (χ1v) is 11.4. The number of hydrogen-bond acceptors (Lipinski definition) is 9. The quantitative estimate of drug-likeness (QED) is 0.308. The maximum atomic E-state index is 14.6. The van der Waals surface area contributed by atoms with Crippen molar-refractivity contribution in [3.8, 4) is 6.01 Å². The number of fused-ring (bicyclic) bond motifs is 2. The van der Waals surface area contributed by atoms with E-state index in [9.17, 15) is 9.18 Å². The van der Waals surface area contributed by atoms with Gasteiger partial charge in [0.2, 0.25) is 0 Å². The first-order valence-electron chi connectivity index (χ1n) is 11.4. The zero-order valence-corrected chi connectivity index (χ0v) is 20.3. The molecule has 1 aliphatic heterocycles. The Morgan fingerprint density at radius 3 is 2.72 bits per heavy atom. The number of carbonyl (C=O) groups excluding carboxylic acids is 1. The first-order chi connectivity index (χ1) is 17.3. The largest absolute Gasteiger partial charge is 0.368 e. The maximum Gasteiger partial charge on any atom is 0.357 e. The van der Waals surface area contributed by atoms with E-state index in [1.807, 2.05) is 6.07 Å². The molecular formula is C24H26FN7O4. The molecule has 188 valence electrons. The molecule has 1 saturated heterocycles. The minimum atomic E-state index is -0.528.